The van der Waals surface area contributed by atoms with Gasteiger partial charge in [0.2, 0.25) is 11.8 Å². The number of benzene rings is 1. The third kappa shape index (κ3) is 5.47. The number of aliphatic hydroxyl groups excluding tert-OH is 1. The zero-order valence-electron chi connectivity index (χ0n) is 24.4. The molecular weight excluding hydrogens is 604 g/mol. The highest BCUT2D eigenvalue weighted by Crippen LogP contribution is 2.68. The average Bonchev–Trinajstić information content (AvgIpc) is 3.55. The van der Waals surface area contributed by atoms with Gasteiger partial charge in [-0.2, -0.15) is 0 Å². The summed E-state index contributed by atoms with van der Waals surface area (Å²) >= 11 is 5.45. The van der Waals surface area contributed by atoms with E-state index in [1.54, 1.807) is 38.6 Å². The minimum absolute atomic E-state index is 0.0108. The number of alkyl halides is 1. The lowest BCUT2D eigenvalue weighted by atomic mass is 9.70. The van der Waals surface area contributed by atoms with Crippen molar-refractivity contribution in [2.45, 2.75) is 54.5 Å². The first-order valence-corrected chi connectivity index (χ1v) is 16.4. The molecule has 1 aromatic rings. The number of amides is 3. The Morgan fingerprint density at radius 2 is 1.73 bits per heavy atom. The standard InChI is InChI=1S/C31H43BrN4O4S/c1-6-15-34(16-7-2)28(38)24-25-29(39)36(18-19-37)27(31(25)20-23(32)26(24)41-31)30(40)35(17-8-3)22-13-11-21(12-14-22)33(9-4)10-5/h6,8,11-14,23-27,37H,1,3,7,9-10,15-20H2,2,4-5H3/t23?,24-,25-,26-,27?,31?/m0/s1. The predicted molar refractivity (Wildman–Crippen MR) is 171 cm³/mol. The van der Waals surface area contributed by atoms with E-state index in [1.807, 2.05) is 31.2 Å². The molecule has 3 amide bonds. The molecular formula is C31H43BrN4O4S. The molecule has 1 aromatic carbocycles. The molecule has 0 aromatic heterocycles. The van der Waals surface area contributed by atoms with Crippen LogP contribution in [-0.2, 0) is 14.4 Å². The zero-order chi connectivity index (χ0) is 29.9. The van der Waals surface area contributed by atoms with Gasteiger partial charge in [0.05, 0.1) is 23.2 Å². The zero-order valence-corrected chi connectivity index (χ0v) is 26.8. The lowest BCUT2D eigenvalue weighted by Gasteiger charge is -2.38. The molecule has 8 nitrogen and oxygen atoms in total. The Morgan fingerprint density at radius 1 is 1.10 bits per heavy atom. The van der Waals surface area contributed by atoms with Crippen molar-refractivity contribution in [2.24, 2.45) is 11.8 Å². The predicted octanol–water partition coefficient (Wildman–Crippen LogP) is 3.93. The van der Waals surface area contributed by atoms with Crippen LogP contribution in [0.2, 0.25) is 0 Å². The van der Waals surface area contributed by atoms with Gasteiger partial charge in [-0.25, -0.2) is 0 Å². The Bertz CT molecular complexity index is 1150. The summed E-state index contributed by atoms with van der Waals surface area (Å²) in [6, 6.07) is 7.10. The number of thioether (sulfide) groups is 1. The van der Waals surface area contributed by atoms with Gasteiger partial charge >= 0.3 is 0 Å². The average molecular weight is 648 g/mol. The molecule has 0 aliphatic carbocycles. The molecule has 1 N–H and O–H groups in total. The Morgan fingerprint density at radius 3 is 2.29 bits per heavy atom. The van der Waals surface area contributed by atoms with Crippen LogP contribution in [0.25, 0.3) is 0 Å². The smallest absolute Gasteiger partial charge is 0.251 e. The minimum Gasteiger partial charge on any atom is -0.395 e. The molecule has 3 aliphatic heterocycles. The van der Waals surface area contributed by atoms with Gasteiger partial charge in [0.25, 0.3) is 5.91 Å². The van der Waals surface area contributed by atoms with Gasteiger partial charge < -0.3 is 24.7 Å². The SMILES string of the molecule is C=CCN(CCC)C(=O)[C@H]1[C@H]2C(=O)N(CCO)C(C(=O)N(CC=C)c3ccc(N(CC)CC)cc3)C23CC(Br)[C@@H]1S3. The second kappa shape index (κ2) is 13.3. The van der Waals surface area contributed by atoms with Crippen LogP contribution in [0.4, 0.5) is 11.4 Å². The van der Waals surface area contributed by atoms with Crippen molar-refractivity contribution >= 4 is 56.8 Å². The molecule has 4 rings (SSSR count). The summed E-state index contributed by atoms with van der Waals surface area (Å²) in [6.07, 6.45) is 4.80. The van der Waals surface area contributed by atoms with Gasteiger partial charge in [-0.15, -0.1) is 24.9 Å². The van der Waals surface area contributed by atoms with Crippen LogP contribution in [0.3, 0.4) is 0 Å². The van der Waals surface area contributed by atoms with E-state index in [9.17, 15) is 19.5 Å². The summed E-state index contributed by atoms with van der Waals surface area (Å²) < 4.78 is -0.769. The van der Waals surface area contributed by atoms with E-state index < -0.39 is 22.6 Å². The Kier molecular flexibility index (Phi) is 10.3. The number of aliphatic hydroxyl groups is 1. The van der Waals surface area contributed by atoms with Crippen molar-refractivity contribution in [2.75, 3.05) is 55.7 Å². The third-order valence-electron chi connectivity index (χ3n) is 8.67. The van der Waals surface area contributed by atoms with Gasteiger partial charge in [0, 0.05) is 60.7 Å². The fraction of sp³-hybridized carbons (Fsp3) is 0.581. The number of likely N-dealkylation sites (tertiary alicyclic amines) is 1. The molecule has 3 aliphatic rings. The highest BCUT2D eigenvalue weighted by atomic mass is 79.9. The van der Waals surface area contributed by atoms with Gasteiger partial charge in [0.15, 0.2) is 0 Å². The van der Waals surface area contributed by atoms with Gasteiger partial charge in [0.1, 0.15) is 6.04 Å². The van der Waals surface area contributed by atoms with Gasteiger partial charge in [-0.3, -0.25) is 14.4 Å². The number of fused-ring (bicyclic) bond motifs is 1. The summed E-state index contributed by atoms with van der Waals surface area (Å²) in [4.78, 5) is 50.0. The monoisotopic (exact) mass is 646 g/mol. The molecule has 3 saturated heterocycles. The fourth-order valence-corrected chi connectivity index (χ4v) is 10.6. The van der Waals surface area contributed by atoms with Crippen LogP contribution in [0.15, 0.2) is 49.6 Å². The summed E-state index contributed by atoms with van der Waals surface area (Å²) in [6.45, 7) is 16.8. The number of anilines is 2. The van der Waals surface area contributed by atoms with E-state index in [2.05, 4.69) is 47.8 Å². The molecule has 6 atom stereocenters. The number of rotatable bonds is 14. The largest absolute Gasteiger partial charge is 0.395 e. The van der Waals surface area contributed by atoms with Crippen molar-refractivity contribution in [3.05, 3.63) is 49.6 Å². The number of hydrogen-bond donors (Lipinski definition) is 1. The molecule has 3 fully saturated rings. The van der Waals surface area contributed by atoms with Crippen molar-refractivity contribution in [3.63, 3.8) is 0 Å². The van der Waals surface area contributed by atoms with Crippen molar-refractivity contribution in [1.29, 1.82) is 0 Å². The molecule has 3 heterocycles. The van der Waals surface area contributed by atoms with Crippen LogP contribution >= 0.6 is 27.7 Å². The van der Waals surface area contributed by atoms with E-state index in [-0.39, 0.29) is 47.5 Å². The van der Waals surface area contributed by atoms with Gasteiger partial charge in [-0.1, -0.05) is 35.0 Å². The lowest BCUT2D eigenvalue weighted by Crippen LogP contribution is -2.56. The molecule has 224 valence electrons. The van der Waals surface area contributed by atoms with E-state index in [0.717, 1.165) is 30.9 Å². The maximum atomic E-state index is 14.6. The highest BCUT2D eigenvalue weighted by molar-refractivity contribution is 9.09. The maximum absolute atomic E-state index is 14.6. The molecule has 0 saturated carbocycles. The van der Waals surface area contributed by atoms with E-state index >= 15 is 0 Å². The molecule has 1 spiro atoms. The van der Waals surface area contributed by atoms with Gasteiger partial charge in [-0.05, 0) is 51.0 Å². The van der Waals surface area contributed by atoms with Crippen LogP contribution in [0, 0.1) is 11.8 Å². The maximum Gasteiger partial charge on any atom is 0.251 e. The summed E-state index contributed by atoms with van der Waals surface area (Å²) in [7, 11) is 0. The minimum atomic E-state index is -0.804. The Balaban J connectivity index is 1.74. The second-order valence-electron chi connectivity index (χ2n) is 10.9. The number of β-amino-alcohol motifs (C(OH)–C–C–N with tert-alkyl or cyclic N) is 1. The summed E-state index contributed by atoms with van der Waals surface area (Å²) in [5.74, 6) is -1.64. The summed E-state index contributed by atoms with van der Waals surface area (Å²) in [5.41, 5.74) is 1.80. The first-order chi connectivity index (χ1) is 19.7. The fourth-order valence-electron chi connectivity index (χ4n) is 7.00. The van der Waals surface area contributed by atoms with E-state index in [4.69, 9.17) is 0 Å². The summed E-state index contributed by atoms with van der Waals surface area (Å²) in [5, 5.41) is 9.86. The Labute approximate surface area is 256 Å². The van der Waals surface area contributed by atoms with Crippen molar-refractivity contribution < 1.29 is 19.5 Å². The molecule has 2 bridgehead atoms. The van der Waals surface area contributed by atoms with E-state index in [1.165, 1.54) is 0 Å². The second-order valence-corrected chi connectivity index (χ2v) is 13.6. The normalized spacial score (nSPS) is 28.0. The molecule has 41 heavy (non-hydrogen) atoms. The van der Waals surface area contributed by atoms with E-state index in [0.29, 0.717) is 19.5 Å². The quantitative estimate of drug-likeness (QED) is 0.244. The van der Waals surface area contributed by atoms with Crippen LogP contribution in [0.1, 0.15) is 33.6 Å². The first kappa shape index (κ1) is 31.6. The number of halogens is 1. The molecule has 10 heteroatoms. The van der Waals surface area contributed by atoms with Crippen LogP contribution in [0.5, 0.6) is 0 Å². The number of carbonyl (C=O) groups is 3. The highest BCUT2D eigenvalue weighted by Gasteiger charge is 2.76. The van der Waals surface area contributed by atoms with Crippen molar-refractivity contribution in [3.8, 4) is 0 Å². The van der Waals surface area contributed by atoms with Crippen LogP contribution in [-0.4, -0.2) is 99.4 Å². The Hall–Kier alpha value is -2.30. The lowest BCUT2D eigenvalue weighted by molar-refractivity contribution is -0.144. The number of carbonyl (C=O) groups excluding carboxylic acids is 3. The van der Waals surface area contributed by atoms with Crippen LogP contribution < -0.4 is 9.80 Å². The topological polar surface area (TPSA) is 84.4 Å². The third-order valence-corrected chi connectivity index (χ3v) is 11.9. The number of hydrogen-bond acceptors (Lipinski definition) is 6. The first-order valence-electron chi connectivity index (χ1n) is 14.6. The van der Waals surface area contributed by atoms with Crippen molar-refractivity contribution in [1.82, 2.24) is 9.80 Å². The molecule has 0 radical (unpaired) electrons. The number of nitrogens with zero attached hydrogens (tertiary/aromatic N) is 4. The molecule has 3 unspecified atom stereocenters.